The summed E-state index contributed by atoms with van der Waals surface area (Å²) >= 11 is 0. The van der Waals surface area contributed by atoms with E-state index in [9.17, 15) is 23.2 Å². The Morgan fingerprint density at radius 2 is 1.66 bits per heavy atom. The van der Waals surface area contributed by atoms with Gasteiger partial charge in [0.15, 0.2) is 0 Å². The lowest BCUT2D eigenvalue weighted by atomic mass is 9.82. The second-order valence-corrected chi connectivity index (χ2v) is 12.2. The van der Waals surface area contributed by atoms with Crippen molar-refractivity contribution in [3.63, 3.8) is 0 Å². The monoisotopic (exact) mass is 544 g/mol. The standard InChI is InChI=1S/C28H40N4O5S/c1-21(2)19-26(25(28(34)31-35)15-10-13-23-11-6-5-7-12-23)27(33)30-32(20-22(3)4)38(36,37)18-16-24-14-8-9-17-29-24/h5-14,17,21-22,25-26,35H,15-16,18-20H2,1-4H3,(H,30,33)(H,31,34)/t25-,26+/m0/s1. The Bertz CT molecular complexity index is 1140. The van der Waals surface area contributed by atoms with Crippen molar-refractivity contribution in [1.29, 1.82) is 0 Å². The number of amides is 2. The number of hydrazine groups is 1. The van der Waals surface area contributed by atoms with Gasteiger partial charge >= 0.3 is 0 Å². The van der Waals surface area contributed by atoms with Crippen molar-refractivity contribution in [1.82, 2.24) is 20.3 Å². The number of sulfonamides is 1. The van der Waals surface area contributed by atoms with Gasteiger partial charge in [-0.1, -0.05) is 76.2 Å². The number of nitrogens with zero attached hydrogens (tertiary/aromatic N) is 2. The quantitative estimate of drug-likeness (QED) is 0.231. The number of carbonyl (C=O) groups excluding carboxylic acids is 2. The summed E-state index contributed by atoms with van der Waals surface area (Å²) in [6, 6.07) is 14.8. The number of nitrogens with one attached hydrogen (secondary N) is 2. The number of benzene rings is 1. The van der Waals surface area contributed by atoms with E-state index < -0.39 is 33.7 Å². The summed E-state index contributed by atoms with van der Waals surface area (Å²) < 4.78 is 27.5. The Balaban J connectivity index is 2.27. The molecule has 0 saturated carbocycles. The summed E-state index contributed by atoms with van der Waals surface area (Å²) in [5, 5.41) is 9.43. The lowest BCUT2D eigenvalue weighted by Gasteiger charge is -2.30. The summed E-state index contributed by atoms with van der Waals surface area (Å²) in [5.41, 5.74) is 5.85. The number of aryl methyl sites for hydroxylation is 1. The maximum atomic E-state index is 13.6. The largest absolute Gasteiger partial charge is 0.289 e. The molecule has 1 heterocycles. The van der Waals surface area contributed by atoms with Crippen LogP contribution in [0.5, 0.6) is 0 Å². The van der Waals surface area contributed by atoms with E-state index in [4.69, 9.17) is 0 Å². The lowest BCUT2D eigenvalue weighted by Crippen LogP contribution is -2.52. The molecule has 38 heavy (non-hydrogen) atoms. The van der Waals surface area contributed by atoms with Gasteiger partial charge in [-0.2, -0.15) is 0 Å². The summed E-state index contributed by atoms with van der Waals surface area (Å²) in [5.74, 6) is -3.31. The van der Waals surface area contributed by atoms with Gasteiger partial charge in [0.2, 0.25) is 21.8 Å². The van der Waals surface area contributed by atoms with Crippen molar-refractivity contribution in [2.24, 2.45) is 23.7 Å². The summed E-state index contributed by atoms with van der Waals surface area (Å²) in [6.07, 6.45) is 5.93. The molecule has 0 spiro atoms. The molecule has 2 rings (SSSR count). The van der Waals surface area contributed by atoms with Crippen molar-refractivity contribution in [2.75, 3.05) is 12.3 Å². The molecule has 0 aliphatic heterocycles. The molecule has 1 aromatic carbocycles. The predicted octanol–water partition coefficient (Wildman–Crippen LogP) is 3.83. The average molecular weight is 545 g/mol. The number of hydrogen-bond acceptors (Lipinski definition) is 6. The number of allylic oxidation sites excluding steroid dienone is 1. The van der Waals surface area contributed by atoms with Gasteiger partial charge < -0.3 is 0 Å². The summed E-state index contributed by atoms with van der Waals surface area (Å²) in [4.78, 5) is 30.4. The van der Waals surface area contributed by atoms with E-state index in [-0.39, 0.29) is 37.0 Å². The van der Waals surface area contributed by atoms with Gasteiger partial charge in [0, 0.05) is 24.9 Å². The molecular formula is C28H40N4O5S. The molecule has 0 aliphatic rings. The average Bonchev–Trinajstić information content (AvgIpc) is 2.89. The van der Waals surface area contributed by atoms with Gasteiger partial charge in [0.05, 0.1) is 17.6 Å². The summed E-state index contributed by atoms with van der Waals surface area (Å²) in [7, 11) is -3.88. The number of carbonyl (C=O) groups is 2. The third-order valence-electron chi connectivity index (χ3n) is 5.94. The second-order valence-electron chi connectivity index (χ2n) is 10.2. The highest BCUT2D eigenvalue weighted by atomic mass is 32.2. The van der Waals surface area contributed by atoms with Crippen LogP contribution >= 0.6 is 0 Å². The molecule has 1 aromatic heterocycles. The smallest absolute Gasteiger partial charge is 0.247 e. The minimum Gasteiger partial charge on any atom is -0.289 e. The molecule has 0 radical (unpaired) electrons. The first-order chi connectivity index (χ1) is 18.0. The van der Waals surface area contributed by atoms with Crippen molar-refractivity contribution in [3.8, 4) is 0 Å². The number of pyridine rings is 1. The number of hydroxylamine groups is 1. The fraction of sp³-hybridized carbons (Fsp3) is 0.464. The maximum absolute atomic E-state index is 13.6. The maximum Gasteiger partial charge on any atom is 0.247 e. The molecule has 0 bridgehead atoms. The molecular weight excluding hydrogens is 504 g/mol. The molecule has 0 unspecified atom stereocenters. The predicted molar refractivity (Wildman–Crippen MR) is 148 cm³/mol. The van der Waals surface area contributed by atoms with E-state index in [0.717, 1.165) is 9.98 Å². The highest BCUT2D eigenvalue weighted by molar-refractivity contribution is 7.89. The molecule has 9 nitrogen and oxygen atoms in total. The number of aromatic nitrogens is 1. The third kappa shape index (κ3) is 10.4. The number of rotatable bonds is 15. The van der Waals surface area contributed by atoms with Gasteiger partial charge in [-0.15, -0.1) is 4.41 Å². The van der Waals surface area contributed by atoms with Crippen LogP contribution in [0.3, 0.4) is 0 Å². The van der Waals surface area contributed by atoms with Gasteiger partial charge in [-0.05, 0) is 42.4 Å². The molecule has 10 heteroatoms. The Morgan fingerprint density at radius 3 is 2.24 bits per heavy atom. The highest BCUT2D eigenvalue weighted by Crippen LogP contribution is 2.26. The SMILES string of the molecule is CC(C)C[C@@H](C(=O)NN(CC(C)C)S(=O)(=O)CCc1ccccn1)[C@H](CC=Cc1ccccc1)C(=O)NO. The Hall–Kier alpha value is -3.08. The fourth-order valence-corrected chi connectivity index (χ4v) is 5.51. The fourth-order valence-electron chi connectivity index (χ4n) is 4.07. The first-order valence-corrected chi connectivity index (χ1v) is 14.5. The topological polar surface area (TPSA) is 129 Å². The van der Waals surface area contributed by atoms with Crippen LogP contribution in [0.2, 0.25) is 0 Å². The van der Waals surface area contributed by atoms with E-state index in [1.807, 2.05) is 64.1 Å². The molecule has 2 atom stereocenters. The molecule has 3 N–H and O–H groups in total. The van der Waals surface area contributed by atoms with E-state index in [1.54, 1.807) is 36.0 Å². The van der Waals surface area contributed by atoms with Crippen LogP contribution < -0.4 is 10.9 Å². The Labute approximate surface area is 226 Å². The Kier molecular flexibility index (Phi) is 12.6. The van der Waals surface area contributed by atoms with E-state index in [0.29, 0.717) is 12.1 Å². The van der Waals surface area contributed by atoms with Crippen molar-refractivity contribution < 1.29 is 23.2 Å². The van der Waals surface area contributed by atoms with E-state index in [1.165, 1.54) is 0 Å². The van der Waals surface area contributed by atoms with Crippen molar-refractivity contribution >= 4 is 27.9 Å². The Morgan fingerprint density at radius 1 is 0.974 bits per heavy atom. The molecule has 0 fully saturated rings. The number of hydrogen-bond donors (Lipinski definition) is 3. The molecule has 2 aromatic rings. The highest BCUT2D eigenvalue weighted by Gasteiger charge is 2.36. The second kappa shape index (κ2) is 15.4. The lowest BCUT2D eigenvalue weighted by molar-refractivity contribution is -0.141. The zero-order valence-corrected chi connectivity index (χ0v) is 23.4. The molecule has 0 saturated heterocycles. The van der Waals surface area contributed by atoms with Crippen LogP contribution in [0.15, 0.2) is 60.8 Å². The molecule has 208 valence electrons. The van der Waals surface area contributed by atoms with Crippen LogP contribution in [0.25, 0.3) is 6.08 Å². The van der Waals surface area contributed by atoms with Crippen LogP contribution in [0, 0.1) is 23.7 Å². The van der Waals surface area contributed by atoms with Crippen LogP contribution in [0.4, 0.5) is 0 Å². The van der Waals surface area contributed by atoms with Crippen molar-refractivity contribution in [3.05, 3.63) is 72.1 Å². The van der Waals surface area contributed by atoms with Crippen molar-refractivity contribution in [2.45, 2.75) is 47.0 Å². The third-order valence-corrected chi connectivity index (χ3v) is 7.57. The van der Waals surface area contributed by atoms with Crippen LogP contribution in [-0.2, 0) is 26.0 Å². The van der Waals surface area contributed by atoms with Gasteiger partial charge in [-0.3, -0.25) is 25.2 Å². The van der Waals surface area contributed by atoms with E-state index in [2.05, 4.69) is 10.4 Å². The van der Waals surface area contributed by atoms with Gasteiger partial charge in [-0.25, -0.2) is 13.9 Å². The summed E-state index contributed by atoms with van der Waals surface area (Å²) in [6.45, 7) is 7.63. The van der Waals surface area contributed by atoms with E-state index >= 15 is 0 Å². The minimum atomic E-state index is -3.88. The van der Waals surface area contributed by atoms with Gasteiger partial charge in [0.25, 0.3) is 0 Å². The van der Waals surface area contributed by atoms with Crippen LogP contribution in [-0.4, -0.2) is 47.1 Å². The van der Waals surface area contributed by atoms with Crippen LogP contribution in [0.1, 0.15) is 51.8 Å². The molecule has 2 amide bonds. The molecule has 0 aliphatic carbocycles. The zero-order chi connectivity index (χ0) is 28.1. The minimum absolute atomic E-state index is 0.0390. The first-order valence-electron chi connectivity index (χ1n) is 12.9. The zero-order valence-electron chi connectivity index (χ0n) is 22.6. The van der Waals surface area contributed by atoms with Gasteiger partial charge in [0.1, 0.15) is 0 Å². The first kappa shape index (κ1) is 31.1. The normalized spacial score (nSPS) is 13.7.